The molecule has 2 heterocycles. The van der Waals surface area contributed by atoms with Gasteiger partial charge in [0, 0.05) is 23.9 Å². The van der Waals surface area contributed by atoms with Gasteiger partial charge in [-0.05, 0) is 13.0 Å². The van der Waals surface area contributed by atoms with E-state index >= 15 is 0 Å². The Kier molecular flexibility index (Phi) is 3.83. The molecule has 0 aliphatic heterocycles. The van der Waals surface area contributed by atoms with Crippen LogP contribution in [0, 0.1) is 0 Å². The fourth-order valence-corrected chi connectivity index (χ4v) is 2.09. The zero-order valence-corrected chi connectivity index (χ0v) is 10.9. The minimum Gasteiger partial charge on any atom is -0.472 e. The molecule has 7 heteroatoms. The summed E-state index contributed by atoms with van der Waals surface area (Å²) in [6, 6.07) is 1.85. The summed E-state index contributed by atoms with van der Waals surface area (Å²) in [6.45, 7) is 2.44. The van der Waals surface area contributed by atoms with Gasteiger partial charge in [-0.15, -0.1) is 0 Å². The molecular weight excluding hydrogens is 254 g/mol. The van der Waals surface area contributed by atoms with Crippen LogP contribution in [0.25, 0.3) is 11.1 Å². The van der Waals surface area contributed by atoms with Crippen molar-refractivity contribution in [2.24, 2.45) is 0 Å². The minimum absolute atomic E-state index is 0.0897. The molecule has 0 atom stereocenters. The molecule has 0 radical (unpaired) electrons. The van der Waals surface area contributed by atoms with Crippen LogP contribution in [0.15, 0.2) is 35.4 Å². The zero-order valence-electron chi connectivity index (χ0n) is 10.0. The fourth-order valence-electron chi connectivity index (χ4n) is 1.48. The molecule has 98 valence electrons. The van der Waals surface area contributed by atoms with Gasteiger partial charge in [0.1, 0.15) is 0 Å². The lowest BCUT2D eigenvalue weighted by molar-refractivity contribution is 0.562. The molecule has 1 N–H and O–H groups in total. The van der Waals surface area contributed by atoms with Gasteiger partial charge in [0.2, 0.25) is 10.0 Å². The Balaban J connectivity index is 1.92. The van der Waals surface area contributed by atoms with E-state index in [9.17, 15) is 8.42 Å². The van der Waals surface area contributed by atoms with Gasteiger partial charge in [0.25, 0.3) is 0 Å². The maximum atomic E-state index is 11.2. The molecule has 0 aliphatic rings. The number of hydrogen-bond acceptors (Lipinski definition) is 4. The van der Waals surface area contributed by atoms with Crippen molar-refractivity contribution in [3.05, 3.63) is 31.0 Å². The molecule has 2 rings (SSSR count). The van der Waals surface area contributed by atoms with E-state index in [-0.39, 0.29) is 5.75 Å². The van der Waals surface area contributed by atoms with Crippen molar-refractivity contribution in [1.29, 1.82) is 0 Å². The SMILES string of the molecule is CCS(=O)(=O)NCCn1cc(-c2ccoc2)cn1. The average molecular weight is 269 g/mol. The lowest BCUT2D eigenvalue weighted by atomic mass is 10.2. The Morgan fingerprint density at radius 3 is 2.94 bits per heavy atom. The minimum atomic E-state index is -3.13. The zero-order chi connectivity index (χ0) is 13.0. The van der Waals surface area contributed by atoms with Crippen LogP contribution in [0.1, 0.15) is 6.92 Å². The number of nitrogens with one attached hydrogen (secondary N) is 1. The van der Waals surface area contributed by atoms with Gasteiger partial charge in [0.15, 0.2) is 0 Å². The van der Waals surface area contributed by atoms with Gasteiger partial charge in [-0.25, -0.2) is 13.1 Å². The molecule has 18 heavy (non-hydrogen) atoms. The van der Waals surface area contributed by atoms with E-state index in [4.69, 9.17) is 4.42 Å². The molecule has 0 saturated heterocycles. The van der Waals surface area contributed by atoms with E-state index in [1.54, 1.807) is 30.3 Å². The number of aromatic nitrogens is 2. The second kappa shape index (κ2) is 5.36. The first-order chi connectivity index (χ1) is 8.61. The molecule has 0 aliphatic carbocycles. The molecule has 0 saturated carbocycles. The molecule has 2 aromatic heterocycles. The number of hydrogen-bond donors (Lipinski definition) is 1. The maximum absolute atomic E-state index is 11.2. The fraction of sp³-hybridized carbons (Fsp3) is 0.364. The largest absolute Gasteiger partial charge is 0.472 e. The van der Waals surface area contributed by atoms with Gasteiger partial charge < -0.3 is 4.42 Å². The molecule has 0 bridgehead atoms. The third-order valence-electron chi connectivity index (χ3n) is 2.53. The standard InChI is InChI=1S/C11H15N3O3S/c1-2-18(15,16)13-4-5-14-8-11(7-12-14)10-3-6-17-9-10/h3,6-9,13H,2,4-5H2,1H3. The highest BCUT2D eigenvalue weighted by atomic mass is 32.2. The highest BCUT2D eigenvalue weighted by Crippen LogP contribution is 2.18. The van der Waals surface area contributed by atoms with Crippen LogP contribution in [0.4, 0.5) is 0 Å². The van der Waals surface area contributed by atoms with E-state index in [2.05, 4.69) is 9.82 Å². The Hall–Kier alpha value is -1.60. The topological polar surface area (TPSA) is 77.1 Å². The molecule has 6 nitrogen and oxygen atoms in total. The first kappa shape index (κ1) is 12.8. The van der Waals surface area contributed by atoms with Crippen molar-refractivity contribution in [1.82, 2.24) is 14.5 Å². The number of sulfonamides is 1. The highest BCUT2D eigenvalue weighted by molar-refractivity contribution is 7.89. The summed E-state index contributed by atoms with van der Waals surface area (Å²) in [7, 11) is -3.13. The number of furan rings is 1. The van der Waals surface area contributed by atoms with Crippen LogP contribution in [-0.4, -0.2) is 30.5 Å². The van der Waals surface area contributed by atoms with E-state index in [0.29, 0.717) is 13.1 Å². The van der Waals surface area contributed by atoms with Crippen LogP contribution in [-0.2, 0) is 16.6 Å². The first-order valence-electron chi connectivity index (χ1n) is 5.63. The monoisotopic (exact) mass is 269 g/mol. The van der Waals surface area contributed by atoms with Crippen LogP contribution in [0.3, 0.4) is 0 Å². The molecular formula is C11H15N3O3S. The van der Waals surface area contributed by atoms with Gasteiger partial charge in [-0.2, -0.15) is 5.10 Å². The average Bonchev–Trinajstić information content (AvgIpc) is 2.98. The Morgan fingerprint density at radius 2 is 2.28 bits per heavy atom. The van der Waals surface area contributed by atoms with Crippen LogP contribution < -0.4 is 4.72 Å². The molecule has 2 aromatic rings. The summed E-state index contributed by atoms with van der Waals surface area (Å²) in [6.07, 6.45) is 6.81. The quantitative estimate of drug-likeness (QED) is 0.851. The van der Waals surface area contributed by atoms with E-state index in [1.165, 1.54) is 0 Å². The lowest BCUT2D eigenvalue weighted by Gasteiger charge is -2.04. The predicted octanol–water partition coefficient (Wildman–Crippen LogP) is 1.08. The summed E-state index contributed by atoms with van der Waals surface area (Å²) in [4.78, 5) is 0. The molecule has 0 amide bonds. The van der Waals surface area contributed by atoms with E-state index < -0.39 is 10.0 Å². The summed E-state index contributed by atoms with van der Waals surface area (Å²) in [5.74, 6) is 0.0897. The summed E-state index contributed by atoms with van der Waals surface area (Å²) >= 11 is 0. The second-order valence-corrected chi connectivity index (χ2v) is 5.90. The number of nitrogens with zero attached hydrogens (tertiary/aromatic N) is 2. The van der Waals surface area contributed by atoms with Crippen LogP contribution in [0.5, 0.6) is 0 Å². The van der Waals surface area contributed by atoms with Gasteiger partial charge in [-0.3, -0.25) is 4.68 Å². The molecule has 0 unspecified atom stereocenters. The van der Waals surface area contributed by atoms with Crippen LogP contribution in [0.2, 0.25) is 0 Å². The predicted molar refractivity (Wildman–Crippen MR) is 67.4 cm³/mol. The third kappa shape index (κ3) is 3.21. The van der Waals surface area contributed by atoms with Gasteiger partial charge >= 0.3 is 0 Å². The van der Waals surface area contributed by atoms with Gasteiger partial charge in [-0.1, -0.05) is 0 Å². The number of rotatable bonds is 6. The van der Waals surface area contributed by atoms with E-state index in [0.717, 1.165) is 11.1 Å². The Morgan fingerprint density at radius 1 is 1.44 bits per heavy atom. The van der Waals surface area contributed by atoms with Crippen molar-refractivity contribution >= 4 is 10.0 Å². The van der Waals surface area contributed by atoms with Gasteiger partial charge in [0.05, 0.1) is 31.0 Å². The Bertz CT molecular complexity index is 587. The lowest BCUT2D eigenvalue weighted by Crippen LogP contribution is -2.28. The summed E-state index contributed by atoms with van der Waals surface area (Å²) in [5.41, 5.74) is 1.90. The molecule has 0 spiro atoms. The third-order valence-corrected chi connectivity index (χ3v) is 3.93. The maximum Gasteiger partial charge on any atom is 0.211 e. The Labute approximate surface area is 106 Å². The van der Waals surface area contributed by atoms with Crippen molar-refractivity contribution < 1.29 is 12.8 Å². The summed E-state index contributed by atoms with van der Waals surface area (Å²) in [5, 5.41) is 4.16. The van der Waals surface area contributed by atoms with E-state index in [1.807, 2.05) is 12.3 Å². The second-order valence-electron chi connectivity index (χ2n) is 3.80. The summed E-state index contributed by atoms with van der Waals surface area (Å²) < 4.78 is 31.6. The van der Waals surface area contributed by atoms with Crippen molar-refractivity contribution in [2.75, 3.05) is 12.3 Å². The molecule has 0 aromatic carbocycles. The van der Waals surface area contributed by atoms with Crippen molar-refractivity contribution in [2.45, 2.75) is 13.5 Å². The highest BCUT2D eigenvalue weighted by Gasteiger charge is 2.06. The normalized spacial score (nSPS) is 11.8. The van der Waals surface area contributed by atoms with Crippen molar-refractivity contribution in [3.63, 3.8) is 0 Å². The molecule has 0 fully saturated rings. The smallest absolute Gasteiger partial charge is 0.211 e. The van der Waals surface area contributed by atoms with Crippen molar-refractivity contribution in [3.8, 4) is 11.1 Å². The first-order valence-corrected chi connectivity index (χ1v) is 7.28. The van der Waals surface area contributed by atoms with Crippen LogP contribution >= 0.6 is 0 Å².